The molecule has 0 atom stereocenters. The van der Waals surface area contributed by atoms with Crippen molar-refractivity contribution in [1.29, 1.82) is 0 Å². The Hall–Kier alpha value is -1.39. The number of hydrogen-bond donors (Lipinski definition) is 1. The average Bonchev–Trinajstić information content (AvgIpc) is 2.88. The number of halogens is 1. The number of hydrogen-bond acceptors (Lipinski definition) is 3. The van der Waals surface area contributed by atoms with Gasteiger partial charge in [-0.05, 0) is 42.6 Å². The molecule has 19 heavy (non-hydrogen) atoms. The molecule has 0 fully saturated rings. The lowest BCUT2D eigenvalue weighted by Gasteiger charge is -2.31. The fraction of sp³-hybridized carbons (Fsp3) is 0.333. The molecule has 0 aliphatic carbocycles. The SMILES string of the molecule is CNCc1c(F)cccc1N1CCc2sccc2C1. The van der Waals surface area contributed by atoms with E-state index in [0.717, 1.165) is 30.8 Å². The molecule has 2 nitrogen and oxygen atoms in total. The molecule has 0 radical (unpaired) electrons. The van der Waals surface area contributed by atoms with Gasteiger partial charge in [0.2, 0.25) is 0 Å². The maximum Gasteiger partial charge on any atom is 0.129 e. The summed E-state index contributed by atoms with van der Waals surface area (Å²) in [6, 6.07) is 7.54. The number of thiophene rings is 1. The third kappa shape index (κ3) is 2.38. The molecule has 0 saturated carbocycles. The van der Waals surface area contributed by atoms with Crippen LogP contribution in [0.3, 0.4) is 0 Å². The van der Waals surface area contributed by atoms with E-state index in [9.17, 15) is 4.39 Å². The van der Waals surface area contributed by atoms with Crippen LogP contribution in [0.1, 0.15) is 16.0 Å². The van der Waals surface area contributed by atoms with Gasteiger partial charge in [-0.25, -0.2) is 4.39 Å². The maximum atomic E-state index is 14.0. The van der Waals surface area contributed by atoms with Gasteiger partial charge in [0.1, 0.15) is 5.82 Å². The highest BCUT2D eigenvalue weighted by Crippen LogP contribution is 2.30. The lowest BCUT2D eigenvalue weighted by Crippen LogP contribution is -2.31. The number of rotatable bonds is 3. The van der Waals surface area contributed by atoms with Gasteiger partial charge >= 0.3 is 0 Å². The third-order valence-electron chi connectivity index (χ3n) is 3.60. The van der Waals surface area contributed by atoms with Crippen LogP contribution in [0, 0.1) is 5.82 Å². The zero-order chi connectivity index (χ0) is 13.2. The number of nitrogens with one attached hydrogen (secondary N) is 1. The van der Waals surface area contributed by atoms with Crippen molar-refractivity contribution in [1.82, 2.24) is 5.32 Å². The molecular weight excluding hydrogens is 259 g/mol. The predicted octanol–water partition coefficient (Wildman–Crippen LogP) is 3.17. The molecule has 1 aromatic heterocycles. The molecule has 4 heteroatoms. The van der Waals surface area contributed by atoms with E-state index >= 15 is 0 Å². The molecule has 1 N–H and O–H groups in total. The van der Waals surface area contributed by atoms with Crippen LogP contribution in [0.15, 0.2) is 29.6 Å². The molecule has 3 rings (SSSR count). The Morgan fingerprint density at radius 3 is 3.11 bits per heavy atom. The summed E-state index contributed by atoms with van der Waals surface area (Å²) in [5, 5.41) is 5.20. The molecule has 0 saturated heterocycles. The van der Waals surface area contributed by atoms with Gasteiger partial charge in [-0.1, -0.05) is 6.07 Å². The molecule has 1 aliphatic rings. The number of nitrogens with zero attached hydrogens (tertiary/aromatic N) is 1. The highest BCUT2D eigenvalue weighted by Gasteiger charge is 2.20. The Kier molecular flexibility index (Phi) is 3.53. The molecule has 1 aromatic carbocycles. The zero-order valence-corrected chi connectivity index (χ0v) is 11.8. The molecule has 0 amide bonds. The Morgan fingerprint density at radius 1 is 1.37 bits per heavy atom. The Balaban J connectivity index is 1.93. The van der Waals surface area contributed by atoms with Gasteiger partial charge in [0.25, 0.3) is 0 Å². The van der Waals surface area contributed by atoms with Crippen LogP contribution in [-0.4, -0.2) is 13.6 Å². The number of benzene rings is 1. The van der Waals surface area contributed by atoms with Gasteiger partial charge in [0, 0.05) is 35.8 Å². The molecule has 1 aliphatic heterocycles. The van der Waals surface area contributed by atoms with Crippen LogP contribution in [0.25, 0.3) is 0 Å². The zero-order valence-electron chi connectivity index (χ0n) is 10.9. The van der Waals surface area contributed by atoms with Crippen molar-refractivity contribution in [2.75, 3.05) is 18.5 Å². The van der Waals surface area contributed by atoms with Gasteiger partial charge in [0.15, 0.2) is 0 Å². The van der Waals surface area contributed by atoms with Crippen molar-refractivity contribution in [3.63, 3.8) is 0 Å². The summed E-state index contributed by atoms with van der Waals surface area (Å²) in [7, 11) is 1.85. The van der Waals surface area contributed by atoms with E-state index < -0.39 is 0 Å². The summed E-state index contributed by atoms with van der Waals surface area (Å²) in [4.78, 5) is 3.76. The summed E-state index contributed by atoms with van der Waals surface area (Å²) in [5.74, 6) is -0.122. The van der Waals surface area contributed by atoms with Crippen molar-refractivity contribution < 1.29 is 4.39 Å². The predicted molar refractivity (Wildman–Crippen MR) is 78.2 cm³/mol. The van der Waals surface area contributed by atoms with Gasteiger partial charge in [-0.15, -0.1) is 11.3 Å². The lowest BCUT2D eigenvalue weighted by atomic mass is 10.1. The van der Waals surface area contributed by atoms with E-state index in [4.69, 9.17) is 0 Å². The highest BCUT2D eigenvalue weighted by molar-refractivity contribution is 7.10. The first kappa shape index (κ1) is 12.6. The van der Waals surface area contributed by atoms with Gasteiger partial charge < -0.3 is 10.2 Å². The highest BCUT2D eigenvalue weighted by atomic mass is 32.1. The largest absolute Gasteiger partial charge is 0.366 e. The van der Waals surface area contributed by atoms with E-state index in [1.165, 1.54) is 16.5 Å². The lowest BCUT2D eigenvalue weighted by molar-refractivity contribution is 0.597. The van der Waals surface area contributed by atoms with Crippen LogP contribution >= 0.6 is 11.3 Å². The van der Waals surface area contributed by atoms with Crippen LogP contribution in [0.5, 0.6) is 0 Å². The van der Waals surface area contributed by atoms with Crippen molar-refractivity contribution in [2.45, 2.75) is 19.5 Å². The Bertz CT molecular complexity index is 579. The van der Waals surface area contributed by atoms with E-state index in [-0.39, 0.29) is 5.82 Å². The Labute approximate surface area is 116 Å². The molecule has 100 valence electrons. The van der Waals surface area contributed by atoms with Crippen LogP contribution < -0.4 is 10.2 Å². The van der Waals surface area contributed by atoms with Gasteiger partial charge in [0.05, 0.1) is 0 Å². The summed E-state index contributed by atoms with van der Waals surface area (Å²) in [5.41, 5.74) is 3.17. The fourth-order valence-corrected chi connectivity index (χ4v) is 3.54. The van der Waals surface area contributed by atoms with Gasteiger partial charge in [-0.3, -0.25) is 0 Å². The summed E-state index contributed by atoms with van der Waals surface area (Å²) >= 11 is 1.83. The molecule has 2 heterocycles. The normalized spacial score (nSPS) is 14.5. The maximum absolute atomic E-state index is 14.0. The van der Waals surface area contributed by atoms with Gasteiger partial charge in [-0.2, -0.15) is 0 Å². The van der Waals surface area contributed by atoms with Crippen molar-refractivity contribution in [2.24, 2.45) is 0 Å². The molecule has 2 aromatic rings. The first-order valence-corrected chi connectivity index (χ1v) is 7.39. The summed E-state index contributed by atoms with van der Waals surface area (Å²) in [6.07, 6.45) is 1.06. The average molecular weight is 276 g/mol. The molecular formula is C15H17FN2S. The smallest absolute Gasteiger partial charge is 0.129 e. The minimum absolute atomic E-state index is 0.122. The molecule has 0 bridgehead atoms. The monoisotopic (exact) mass is 276 g/mol. The second kappa shape index (κ2) is 5.31. The minimum atomic E-state index is -0.122. The van der Waals surface area contributed by atoms with Crippen LogP contribution in [-0.2, 0) is 19.5 Å². The van der Waals surface area contributed by atoms with E-state index in [1.54, 1.807) is 6.07 Å². The van der Waals surface area contributed by atoms with E-state index in [2.05, 4.69) is 21.7 Å². The second-order valence-electron chi connectivity index (χ2n) is 4.81. The minimum Gasteiger partial charge on any atom is -0.366 e. The quantitative estimate of drug-likeness (QED) is 0.926. The second-order valence-corrected chi connectivity index (χ2v) is 5.81. The standard InChI is InChI=1S/C15H17FN2S/c1-17-9-12-13(16)3-2-4-14(12)18-7-5-15-11(10-18)6-8-19-15/h2-4,6,8,17H,5,7,9-10H2,1H3. The van der Waals surface area contributed by atoms with Crippen molar-refractivity contribution in [3.8, 4) is 0 Å². The van der Waals surface area contributed by atoms with Crippen LogP contribution in [0.4, 0.5) is 10.1 Å². The number of fused-ring (bicyclic) bond motifs is 1. The number of anilines is 1. The van der Waals surface area contributed by atoms with Crippen molar-refractivity contribution >= 4 is 17.0 Å². The molecule has 0 unspecified atom stereocenters. The van der Waals surface area contributed by atoms with E-state index in [1.807, 2.05) is 24.5 Å². The molecule has 0 spiro atoms. The first-order chi connectivity index (χ1) is 9.29. The summed E-state index contributed by atoms with van der Waals surface area (Å²) < 4.78 is 14.0. The fourth-order valence-electron chi connectivity index (χ4n) is 2.65. The van der Waals surface area contributed by atoms with E-state index in [0.29, 0.717) is 6.54 Å². The summed E-state index contributed by atoms with van der Waals surface area (Å²) in [6.45, 7) is 2.42. The third-order valence-corrected chi connectivity index (χ3v) is 4.62. The Morgan fingerprint density at radius 2 is 2.26 bits per heavy atom. The first-order valence-electron chi connectivity index (χ1n) is 6.52. The van der Waals surface area contributed by atoms with Crippen LogP contribution in [0.2, 0.25) is 0 Å². The van der Waals surface area contributed by atoms with Crippen molar-refractivity contribution in [3.05, 3.63) is 51.5 Å². The topological polar surface area (TPSA) is 15.3 Å².